The van der Waals surface area contributed by atoms with Gasteiger partial charge >= 0.3 is 0 Å². The van der Waals surface area contributed by atoms with Gasteiger partial charge in [-0.1, -0.05) is 20.3 Å². The number of nitrogens with two attached hydrogens (primary N) is 1. The molecule has 0 radical (unpaired) electrons. The Morgan fingerprint density at radius 2 is 2.50 bits per heavy atom. The third-order valence-corrected chi connectivity index (χ3v) is 2.33. The molecular weight excluding hydrogens is 180 g/mol. The molecule has 0 aliphatic heterocycles. The minimum atomic E-state index is -0.463. The van der Waals surface area contributed by atoms with Gasteiger partial charge in [0.15, 0.2) is 0 Å². The first-order valence-corrected chi connectivity index (χ1v) is 4.70. The Bertz CT molecular complexity index is 283. The summed E-state index contributed by atoms with van der Waals surface area (Å²) in [4.78, 5) is 11.5. The lowest BCUT2D eigenvalue weighted by atomic mass is 9.99. The lowest BCUT2D eigenvalue weighted by molar-refractivity contribution is -0.118. The fourth-order valence-electron chi connectivity index (χ4n) is 1.06. The Balaban J connectivity index is 2.50. The van der Waals surface area contributed by atoms with Crippen LogP contribution in [0.4, 0.5) is 5.69 Å². The maximum atomic E-state index is 11.5. The summed E-state index contributed by atoms with van der Waals surface area (Å²) in [5.74, 6) is 0.0163. The number of hydrogen-bond donors (Lipinski definition) is 3. The molecule has 1 amide bonds. The van der Waals surface area contributed by atoms with Gasteiger partial charge in [0, 0.05) is 6.20 Å². The van der Waals surface area contributed by atoms with Crippen LogP contribution >= 0.6 is 0 Å². The monoisotopic (exact) mass is 196 g/mol. The Morgan fingerprint density at radius 1 is 1.79 bits per heavy atom. The normalized spacial score (nSPS) is 14.8. The second-order valence-electron chi connectivity index (χ2n) is 3.39. The molecule has 0 aliphatic carbocycles. The van der Waals surface area contributed by atoms with Crippen LogP contribution in [-0.2, 0) is 4.79 Å². The number of amides is 1. The quantitative estimate of drug-likeness (QED) is 0.663. The van der Waals surface area contributed by atoms with Crippen molar-refractivity contribution in [3.8, 4) is 0 Å². The summed E-state index contributed by atoms with van der Waals surface area (Å²) >= 11 is 0. The number of nitrogens with zero attached hydrogens (tertiary/aromatic N) is 1. The first-order valence-electron chi connectivity index (χ1n) is 4.70. The summed E-state index contributed by atoms with van der Waals surface area (Å²) in [5, 5.41) is 9.01. The van der Waals surface area contributed by atoms with Crippen molar-refractivity contribution in [3.05, 3.63) is 12.4 Å². The molecular formula is C9H16N4O. The zero-order valence-corrected chi connectivity index (χ0v) is 8.45. The van der Waals surface area contributed by atoms with Crippen molar-refractivity contribution in [2.24, 2.45) is 11.7 Å². The number of carbonyl (C=O) groups excluding carboxylic acids is 1. The van der Waals surface area contributed by atoms with E-state index in [0.29, 0.717) is 5.69 Å². The lowest BCUT2D eigenvalue weighted by Crippen LogP contribution is -2.40. The third-order valence-electron chi connectivity index (χ3n) is 2.33. The van der Waals surface area contributed by atoms with E-state index in [1.165, 1.54) is 0 Å². The van der Waals surface area contributed by atoms with Gasteiger partial charge in [-0.15, -0.1) is 0 Å². The average molecular weight is 196 g/mol. The second kappa shape index (κ2) is 4.76. The minimum Gasteiger partial charge on any atom is -0.322 e. The minimum absolute atomic E-state index is 0.166. The molecule has 0 saturated heterocycles. The smallest absolute Gasteiger partial charge is 0.241 e. The van der Waals surface area contributed by atoms with Crippen LogP contribution in [0.3, 0.4) is 0 Å². The van der Waals surface area contributed by atoms with Gasteiger partial charge in [0.1, 0.15) is 0 Å². The molecule has 1 unspecified atom stereocenters. The predicted molar refractivity (Wildman–Crippen MR) is 54.6 cm³/mol. The first kappa shape index (κ1) is 10.7. The Labute approximate surface area is 83.1 Å². The van der Waals surface area contributed by atoms with Crippen LogP contribution in [-0.4, -0.2) is 22.1 Å². The highest BCUT2D eigenvalue weighted by atomic mass is 16.2. The van der Waals surface area contributed by atoms with Crippen LogP contribution in [0.25, 0.3) is 0 Å². The maximum absolute atomic E-state index is 11.5. The van der Waals surface area contributed by atoms with E-state index in [9.17, 15) is 4.79 Å². The molecule has 5 nitrogen and oxygen atoms in total. The van der Waals surface area contributed by atoms with Gasteiger partial charge < -0.3 is 11.1 Å². The van der Waals surface area contributed by atoms with Crippen LogP contribution in [0.2, 0.25) is 0 Å². The topological polar surface area (TPSA) is 83.8 Å². The van der Waals surface area contributed by atoms with Crippen molar-refractivity contribution in [1.29, 1.82) is 0 Å². The van der Waals surface area contributed by atoms with Crippen LogP contribution in [0.1, 0.15) is 20.3 Å². The number of hydrogen-bond acceptors (Lipinski definition) is 3. The van der Waals surface area contributed by atoms with E-state index in [0.717, 1.165) is 6.42 Å². The summed E-state index contributed by atoms with van der Waals surface area (Å²) < 4.78 is 0. The van der Waals surface area contributed by atoms with Gasteiger partial charge in [-0.2, -0.15) is 5.10 Å². The van der Waals surface area contributed by atoms with Crippen molar-refractivity contribution >= 4 is 11.6 Å². The number of rotatable bonds is 4. The Hall–Kier alpha value is -1.36. The van der Waals surface area contributed by atoms with Gasteiger partial charge in [0.2, 0.25) is 5.91 Å². The van der Waals surface area contributed by atoms with Crippen molar-refractivity contribution < 1.29 is 4.79 Å². The average Bonchev–Trinajstić information content (AvgIpc) is 2.68. The van der Waals surface area contributed by atoms with E-state index in [2.05, 4.69) is 15.5 Å². The second-order valence-corrected chi connectivity index (χ2v) is 3.39. The van der Waals surface area contributed by atoms with Crippen molar-refractivity contribution in [1.82, 2.24) is 10.2 Å². The molecule has 2 atom stereocenters. The predicted octanol–water partition coefficient (Wildman–Crippen LogP) is 0.722. The molecule has 0 aliphatic rings. The van der Waals surface area contributed by atoms with Crippen molar-refractivity contribution in [3.63, 3.8) is 0 Å². The highest BCUT2D eigenvalue weighted by molar-refractivity contribution is 5.94. The largest absolute Gasteiger partial charge is 0.322 e. The summed E-state index contributed by atoms with van der Waals surface area (Å²) in [6.45, 7) is 3.97. The van der Waals surface area contributed by atoms with Crippen molar-refractivity contribution in [2.45, 2.75) is 26.3 Å². The molecule has 5 heteroatoms. The molecule has 0 saturated carbocycles. The zero-order chi connectivity index (χ0) is 10.6. The number of H-pyrrole nitrogens is 1. The molecule has 1 rings (SSSR count). The van der Waals surface area contributed by atoms with E-state index >= 15 is 0 Å². The maximum Gasteiger partial charge on any atom is 0.241 e. The summed E-state index contributed by atoms with van der Waals surface area (Å²) in [6, 6.07) is -0.463. The Kier molecular flexibility index (Phi) is 3.64. The van der Waals surface area contributed by atoms with E-state index in [1.807, 2.05) is 13.8 Å². The third kappa shape index (κ3) is 2.56. The molecule has 0 bridgehead atoms. The fourth-order valence-corrected chi connectivity index (χ4v) is 1.06. The van der Waals surface area contributed by atoms with Crippen LogP contribution in [0, 0.1) is 5.92 Å². The SMILES string of the molecule is CCC(C)[C@H](N)C(=O)Nc1cn[nH]c1. The van der Waals surface area contributed by atoms with Crippen LogP contribution < -0.4 is 11.1 Å². The number of aromatic amines is 1. The highest BCUT2D eigenvalue weighted by Gasteiger charge is 2.19. The van der Waals surface area contributed by atoms with Crippen LogP contribution in [0.5, 0.6) is 0 Å². The summed E-state index contributed by atoms with van der Waals surface area (Å²) in [7, 11) is 0. The van der Waals surface area contributed by atoms with Gasteiger partial charge in [-0.25, -0.2) is 0 Å². The lowest BCUT2D eigenvalue weighted by Gasteiger charge is -2.16. The molecule has 78 valence electrons. The number of nitrogens with one attached hydrogen (secondary N) is 2. The zero-order valence-electron chi connectivity index (χ0n) is 8.45. The highest BCUT2D eigenvalue weighted by Crippen LogP contribution is 2.08. The molecule has 14 heavy (non-hydrogen) atoms. The Morgan fingerprint density at radius 3 is 3.00 bits per heavy atom. The van der Waals surface area contributed by atoms with Gasteiger partial charge in [-0.05, 0) is 5.92 Å². The number of aromatic nitrogens is 2. The molecule has 4 N–H and O–H groups in total. The molecule has 1 heterocycles. The van der Waals surface area contributed by atoms with Crippen molar-refractivity contribution in [2.75, 3.05) is 5.32 Å². The number of anilines is 1. The van der Waals surface area contributed by atoms with Gasteiger partial charge in [0.05, 0.1) is 17.9 Å². The van der Waals surface area contributed by atoms with Gasteiger partial charge in [0.25, 0.3) is 0 Å². The molecule has 0 spiro atoms. The molecule has 0 fully saturated rings. The van der Waals surface area contributed by atoms with E-state index in [4.69, 9.17) is 5.73 Å². The fraction of sp³-hybridized carbons (Fsp3) is 0.556. The van der Waals surface area contributed by atoms with E-state index in [-0.39, 0.29) is 11.8 Å². The van der Waals surface area contributed by atoms with E-state index < -0.39 is 6.04 Å². The molecule has 1 aromatic rings. The summed E-state index contributed by atoms with van der Waals surface area (Å²) in [5.41, 5.74) is 6.39. The first-order chi connectivity index (χ1) is 6.65. The van der Waals surface area contributed by atoms with Gasteiger partial charge in [-0.3, -0.25) is 9.89 Å². The molecule has 1 aromatic heterocycles. The van der Waals surface area contributed by atoms with E-state index in [1.54, 1.807) is 12.4 Å². The van der Waals surface area contributed by atoms with Crippen LogP contribution in [0.15, 0.2) is 12.4 Å². The molecule has 0 aromatic carbocycles. The summed E-state index contributed by atoms with van der Waals surface area (Å²) in [6.07, 6.45) is 4.04. The number of carbonyl (C=O) groups is 1. The standard InChI is InChI=1S/C9H16N4O/c1-3-6(2)8(10)9(14)13-7-4-11-12-5-7/h4-6,8H,3,10H2,1-2H3,(H,11,12)(H,13,14)/t6?,8-/m0/s1.